The molecule has 0 fully saturated rings. The summed E-state index contributed by atoms with van der Waals surface area (Å²) in [5, 5.41) is 4.74. The van der Waals surface area contributed by atoms with E-state index in [0.717, 1.165) is 11.3 Å². The second-order valence-electron chi connectivity index (χ2n) is 9.83. The molecule has 0 radical (unpaired) electrons. The fourth-order valence-corrected chi connectivity index (χ4v) is 4.94. The number of benzene rings is 3. The molecule has 1 N–H and O–H groups in total. The molecule has 0 spiro atoms. The Morgan fingerprint density at radius 2 is 1.56 bits per heavy atom. The fraction of sp³-hybridized carbons (Fsp3) is 0.121. The summed E-state index contributed by atoms with van der Waals surface area (Å²) in [6.07, 6.45) is 3.15. The molecule has 0 aliphatic carbocycles. The quantitative estimate of drug-likeness (QED) is 0.205. The number of hydrogen-bond donors (Lipinski definition) is 1. The van der Waals surface area contributed by atoms with Crippen molar-refractivity contribution in [3.8, 4) is 23.0 Å². The van der Waals surface area contributed by atoms with E-state index >= 15 is 4.39 Å². The van der Waals surface area contributed by atoms with Gasteiger partial charge in [0.15, 0.2) is 23.1 Å². The van der Waals surface area contributed by atoms with Crippen LogP contribution in [0.15, 0.2) is 90.0 Å². The van der Waals surface area contributed by atoms with Crippen LogP contribution in [-0.2, 0) is 6.54 Å². The summed E-state index contributed by atoms with van der Waals surface area (Å²) in [5.74, 6) is 0.697. The van der Waals surface area contributed by atoms with Gasteiger partial charge in [0.1, 0.15) is 17.4 Å². The van der Waals surface area contributed by atoms with E-state index in [9.17, 15) is 9.18 Å². The lowest BCUT2D eigenvalue weighted by molar-refractivity contribution is 0.355. The molecule has 43 heavy (non-hydrogen) atoms. The van der Waals surface area contributed by atoms with Crippen LogP contribution in [0.25, 0.3) is 21.7 Å². The maximum atomic E-state index is 15.3. The third-order valence-corrected chi connectivity index (χ3v) is 7.11. The van der Waals surface area contributed by atoms with Gasteiger partial charge >= 0.3 is 0 Å². The summed E-state index contributed by atoms with van der Waals surface area (Å²) in [7, 11) is 3.06. The van der Waals surface area contributed by atoms with Crippen LogP contribution in [-0.4, -0.2) is 28.8 Å². The van der Waals surface area contributed by atoms with Gasteiger partial charge in [-0.05, 0) is 66.4 Å². The molecule has 3 aromatic heterocycles. The van der Waals surface area contributed by atoms with E-state index in [1.807, 2.05) is 13.0 Å². The highest BCUT2D eigenvalue weighted by Gasteiger charge is 2.16. The highest BCUT2D eigenvalue weighted by Crippen LogP contribution is 2.38. The zero-order valence-corrected chi connectivity index (χ0v) is 23.5. The zero-order chi connectivity index (χ0) is 30.1. The molecular formula is C33H26F2N4O4. The van der Waals surface area contributed by atoms with E-state index < -0.39 is 5.82 Å². The van der Waals surface area contributed by atoms with Crippen molar-refractivity contribution in [2.45, 2.75) is 13.5 Å². The van der Waals surface area contributed by atoms with Gasteiger partial charge in [0.05, 0.1) is 31.7 Å². The number of anilines is 2. The molecule has 0 saturated heterocycles. The predicted octanol–water partition coefficient (Wildman–Crippen LogP) is 7.13. The maximum Gasteiger partial charge on any atom is 0.262 e. The van der Waals surface area contributed by atoms with Crippen LogP contribution in [0.2, 0.25) is 0 Å². The topological polar surface area (TPSA) is 87.5 Å². The number of aryl methyl sites for hydroxylation is 1. The first-order chi connectivity index (χ1) is 20.8. The lowest BCUT2D eigenvalue weighted by Gasteiger charge is -2.15. The zero-order valence-electron chi connectivity index (χ0n) is 23.5. The Morgan fingerprint density at radius 3 is 2.30 bits per heavy atom. The Labute approximate surface area is 245 Å². The molecular weight excluding hydrogens is 554 g/mol. The van der Waals surface area contributed by atoms with Gasteiger partial charge in [-0.3, -0.25) is 9.78 Å². The van der Waals surface area contributed by atoms with Crippen molar-refractivity contribution >= 4 is 33.2 Å². The van der Waals surface area contributed by atoms with E-state index in [1.165, 1.54) is 38.5 Å². The molecule has 0 atom stereocenters. The van der Waals surface area contributed by atoms with E-state index in [4.69, 9.17) is 14.2 Å². The van der Waals surface area contributed by atoms with Gasteiger partial charge in [-0.25, -0.2) is 13.8 Å². The van der Waals surface area contributed by atoms with Crippen LogP contribution in [0.3, 0.4) is 0 Å². The predicted molar refractivity (Wildman–Crippen MR) is 161 cm³/mol. The Bertz CT molecular complexity index is 2050. The molecule has 6 rings (SSSR count). The standard InChI is InChI=1S/C33H26F2N4O4/c1-19-14-21-10-12-37-32(31(21)33(40)39(19)18-20-4-6-22(34)7-5-20)38-23-8-9-28(25(35)15-23)43-27-11-13-36-26-17-30(42-3)29(41-2)16-24(26)27/h4-17H,18H2,1-3H3,(H,37,38). The summed E-state index contributed by atoms with van der Waals surface area (Å²) in [6.45, 7) is 2.10. The number of halogens is 2. The molecule has 0 aliphatic heterocycles. The first-order valence-corrected chi connectivity index (χ1v) is 13.3. The lowest BCUT2D eigenvalue weighted by Crippen LogP contribution is -2.24. The minimum Gasteiger partial charge on any atom is -0.493 e. The van der Waals surface area contributed by atoms with Crippen molar-refractivity contribution in [2.75, 3.05) is 19.5 Å². The number of methoxy groups -OCH3 is 2. The van der Waals surface area contributed by atoms with E-state index in [1.54, 1.807) is 59.4 Å². The Morgan fingerprint density at radius 1 is 0.814 bits per heavy atom. The van der Waals surface area contributed by atoms with E-state index in [0.29, 0.717) is 44.6 Å². The monoisotopic (exact) mass is 580 g/mol. The van der Waals surface area contributed by atoms with Gasteiger partial charge in [-0.2, -0.15) is 0 Å². The molecule has 10 heteroatoms. The van der Waals surface area contributed by atoms with Crippen molar-refractivity contribution < 1.29 is 23.0 Å². The summed E-state index contributed by atoms with van der Waals surface area (Å²) < 4.78 is 47.0. The number of fused-ring (bicyclic) bond motifs is 2. The molecule has 216 valence electrons. The summed E-state index contributed by atoms with van der Waals surface area (Å²) in [5.41, 5.74) is 2.22. The minimum absolute atomic E-state index is 0.00371. The van der Waals surface area contributed by atoms with Crippen molar-refractivity contribution in [3.63, 3.8) is 0 Å². The van der Waals surface area contributed by atoms with Crippen LogP contribution in [0.1, 0.15) is 11.3 Å². The molecule has 0 saturated carbocycles. The number of nitrogens with one attached hydrogen (secondary N) is 1. The van der Waals surface area contributed by atoms with Gasteiger partial charge < -0.3 is 24.1 Å². The second kappa shape index (κ2) is 11.4. The number of aromatic nitrogens is 3. The Hall–Kier alpha value is -5.51. The lowest BCUT2D eigenvalue weighted by atomic mass is 10.1. The molecule has 0 bridgehead atoms. The highest BCUT2D eigenvalue weighted by atomic mass is 19.1. The second-order valence-corrected chi connectivity index (χ2v) is 9.83. The summed E-state index contributed by atoms with van der Waals surface area (Å²) >= 11 is 0. The van der Waals surface area contributed by atoms with Crippen molar-refractivity contribution in [3.05, 3.63) is 118 Å². The molecule has 0 amide bonds. The number of hydrogen-bond acceptors (Lipinski definition) is 7. The number of nitrogens with zero attached hydrogens (tertiary/aromatic N) is 3. The minimum atomic E-state index is -0.625. The molecule has 0 unspecified atom stereocenters. The van der Waals surface area contributed by atoms with Gasteiger partial charge in [0, 0.05) is 41.3 Å². The number of pyridine rings is 3. The van der Waals surface area contributed by atoms with Gasteiger partial charge in [0.25, 0.3) is 5.56 Å². The van der Waals surface area contributed by atoms with Gasteiger partial charge in [0.2, 0.25) is 0 Å². The first-order valence-electron chi connectivity index (χ1n) is 13.3. The van der Waals surface area contributed by atoms with Crippen molar-refractivity contribution in [1.29, 1.82) is 0 Å². The normalized spacial score (nSPS) is 11.1. The molecule has 3 heterocycles. The van der Waals surface area contributed by atoms with Crippen LogP contribution >= 0.6 is 0 Å². The van der Waals surface area contributed by atoms with Crippen LogP contribution in [0, 0.1) is 18.6 Å². The summed E-state index contributed by atoms with van der Waals surface area (Å²) in [6, 6.07) is 19.1. The average Bonchev–Trinajstić information content (AvgIpc) is 3.00. The van der Waals surface area contributed by atoms with Gasteiger partial charge in [-0.15, -0.1) is 0 Å². The summed E-state index contributed by atoms with van der Waals surface area (Å²) in [4.78, 5) is 22.4. The Balaban J connectivity index is 1.31. The molecule has 3 aromatic carbocycles. The Kier molecular flexibility index (Phi) is 7.33. The largest absolute Gasteiger partial charge is 0.493 e. The third-order valence-electron chi connectivity index (χ3n) is 7.11. The van der Waals surface area contributed by atoms with Crippen molar-refractivity contribution in [2.24, 2.45) is 0 Å². The smallest absolute Gasteiger partial charge is 0.262 e. The van der Waals surface area contributed by atoms with Crippen LogP contribution in [0.4, 0.5) is 20.3 Å². The SMILES string of the molecule is COc1cc2nccc(Oc3ccc(Nc4nccc5cc(C)n(Cc6ccc(F)cc6)c(=O)c45)cc3F)c2cc1OC. The van der Waals surface area contributed by atoms with E-state index in [2.05, 4.69) is 15.3 Å². The van der Waals surface area contributed by atoms with Crippen LogP contribution < -0.4 is 25.1 Å². The molecule has 8 nitrogen and oxygen atoms in total. The molecule has 6 aromatic rings. The third kappa shape index (κ3) is 5.42. The van der Waals surface area contributed by atoms with Crippen LogP contribution in [0.5, 0.6) is 23.0 Å². The fourth-order valence-electron chi connectivity index (χ4n) is 4.94. The number of rotatable bonds is 8. The van der Waals surface area contributed by atoms with Crippen molar-refractivity contribution in [1.82, 2.24) is 14.5 Å². The van der Waals surface area contributed by atoms with E-state index in [-0.39, 0.29) is 29.5 Å². The highest BCUT2D eigenvalue weighted by molar-refractivity contribution is 5.93. The maximum absolute atomic E-state index is 15.3. The van der Waals surface area contributed by atoms with Gasteiger partial charge in [-0.1, -0.05) is 12.1 Å². The molecule has 0 aliphatic rings. The number of ether oxygens (including phenoxy) is 3. The first kappa shape index (κ1) is 27.6. The average molecular weight is 581 g/mol.